The van der Waals surface area contributed by atoms with Gasteiger partial charge in [-0.05, 0) is 30.7 Å². The molecule has 0 aliphatic carbocycles. The normalized spacial score (nSPS) is 11.3. The highest BCUT2D eigenvalue weighted by molar-refractivity contribution is 7.92. The van der Waals surface area contributed by atoms with Gasteiger partial charge in [-0.15, -0.1) is 0 Å². The fourth-order valence-corrected chi connectivity index (χ4v) is 3.17. The van der Waals surface area contributed by atoms with Crippen LogP contribution in [0, 0.1) is 0 Å². The molecule has 21 heavy (non-hydrogen) atoms. The van der Waals surface area contributed by atoms with Crippen LogP contribution in [-0.2, 0) is 10.0 Å². The highest BCUT2D eigenvalue weighted by Crippen LogP contribution is 2.13. The summed E-state index contributed by atoms with van der Waals surface area (Å²) in [5, 5.41) is 8.77. The minimum Gasteiger partial charge on any atom is -0.478 e. The fourth-order valence-electron chi connectivity index (χ4n) is 1.98. The van der Waals surface area contributed by atoms with Crippen molar-refractivity contribution in [3.05, 3.63) is 29.8 Å². The van der Waals surface area contributed by atoms with Crippen LogP contribution in [0.2, 0.25) is 0 Å². The van der Waals surface area contributed by atoms with E-state index in [9.17, 15) is 13.2 Å². The molecule has 1 rings (SSSR count). The van der Waals surface area contributed by atoms with Crippen molar-refractivity contribution in [2.45, 2.75) is 45.4 Å². The second kappa shape index (κ2) is 8.67. The molecule has 0 amide bonds. The maximum atomic E-state index is 11.9. The van der Waals surface area contributed by atoms with Crippen molar-refractivity contribution in [2.75, 3.05) is 10.5 Å². The number of rotatable bonds is 10. The lowest BCUT2D eigenvalue weighted by Crippen LogP contribution is -2.16. The van der Waals surface area contributed by atoms with Crippen LogP contribution in [0.1, 0.15) is 55.8 Å². The van der Waals surface area contributed by atoms with Crippen LogP contribution < -0.4 is 4.72 Å². The summed E-state index contributed by atoms with van der Waals surface area (Å²) < 4.78 is 26.2. The molecule has 1 aromatic rings. The molecule has 0 spiro atoms. The first-order chi connectivity index (χ1) is 9.94. The summed E-state index contributed by atoms with van der Waals surface area (Å²) in [7, 11) is -3.36. The molecule has 6 heteroatoms. The number of carboxylic acid groups (broad SMARTS) is 1. The lowest BCUT2D eigenvalue weighted by Gasteiger charge is -2.08. The lowest BCUT2D eigenvalue weighted by molar-refractivity contribution is 0.0697. The summed E-state index contributed by atoms with van der Waals surface area (Å²) in [4.78, 5) is 10.7. The third-order valence-corrected chi connectivity index (χ3v) is 4.54. The molecule has 0 bridgehead atoms. The predicted octanol–water partition coefficient (Wildman–Crippen LogP) is 3.49. The third-order valence-electron chi connectivity index (χ3n) is 3.17. The molecular formula is C15H23NO4S. The molecule has 0 aromatic heterocycles. The van der Waals surface area contributed by atoms with Gasteiger partial charge in [-0.1, -0.05) is 39.0 Å². The second-order valence-corrected chi connectivity index (χ2v) is 6.91. The van der Waals surface area contributed by atoms with E-state index in [1.165, 1.54) is 37.1 Å². The molecule has 0 saturated carbocycles. The summed E-state index contributed by atoms with van der Waals surface area (Å²) in [6.07, 6.45) is 6.15. The SMILES string of the molecule is CCCCCCCCS(=O)(=O)Nc1ccc(C(=O)O)cc1. The third kappa shape index (κ3) is 7.13. The van der Waals surface area contributed by atoms with Crippen molar-refractivity contribution in [1.29, 1.82) is 0 Å². The zero-order valence-electron chi connectivity index (χ0n) is 12.3. The van der Waals surface area contributed by atoms with Crippen LogP contribution in [0.25, 0.3) is 0 Å². The van der Waals surface area contributed by atoms with Gasteiger partial charge < -0.3 is 5.11 Å². The van der Waals surface area contributed by atoms with E-state index in [2.05, 4.69) is 11.6 Å². The minimum absolute atomic E-state index is 0.0970. The minimum atomic E-state index is -3.36. The van der Waals surface area contributed by atoms with Gasteiger partial charge in [0.2, 0.25) is 10.0 Å². The van der Waals surface area contributed by atoms with E-state index in [-0.39, 0.29) is 11.3 Å². The predicted molar refractivity (Wildman–Crippen MR) is 84.2 cm³/mol. The van der Waals surface area contributed by atoms with Gasteiger partial charge in [0.05, 0.1) is 11.3 Å². The van der Waals surface area contributed by atoms with Crippen LogP contribution in [0.4, 0.5) is 5.69 Å². The van der Waals surface area contributed by atoms with Gasteiger partial charge in [-0.3, -0.25) is 4.72 Å². The monoisotopic (exact) mass is 313 g/mol. The number of carboxylic acids is 1. The molecule has 1 aromatic carbocycles. The molecule has 0 aliphatic heterocycles. The first-order valence-corrected chi connectivity index (χ1v) is 8.93. The zero-order chi connectivity index (χ0) is 15.7. The van der Waals surface area contributed by atoms with Gasteiger partial charge >= 0.3 is 5.97 Å². The molecule has 0 unspecified atom stereocenters. The molecule has 0 atom stereocenters. The van der Waals surface area contributed by atoms with Crippen molar-refractivity contribution in [2.24, 2.45) is 0 Å². The van der Waals surface area contributed by atoms with E-state index in [4.69, 9.17) is 5.11 Å². The molecule has 0 saturated heterocycles. The Bertz CT molecular complexity index is 537. The Hall–Kier alpha value is -1.56. The van der Waals surface area contributed by atoms with Crippen LogP contribution in [0.15, 0.2) is 24.3 Å². The maximum Gasteiger partial charge on any atom is 0.335 e. The number of sulfonamides is 1. The van der Waals surface area contributed by atoms with Gasteiger partial charge in [0.1, 0.15) is 0 Å². The smallest absolute Gasteiger partial charge is 0.335 e. The summed E-state index contributed by atoms with van der Waals surface area (Å²) in [6, 6.07) is 5.68. The number of aromatic carboxylic acids is 1. The maximum absolute atomic E-state index is 11.9. The highest BCUT2D eigenvalue weighted by atomic mass is 32.2. The van der Waals surface area contributed by atoms with E-state index in [0.29, 0.717) is 12.1 Å². The Morgan fingerprint density at radius 2 is 1.62 bits per heavy atom. The number of unbranched alkanes of at least 4 members (excludes halogenated alkanes) is 5. The number of anilines is 1. The Balaban J connectivity index is 2.39. The van der Waals surface area contributed by atoms with E-state index in [1.807, 2.05) is 0 Å². The van der Waals surface area contributed by atoms with Gasteiger partial charge in [-0.25, -0.2) is 13.2 Å². The number of hydrogen-bond donors (Lipinski definition) is 2. The summed E-state index contributed by atoms with van der Waals surface area (Å²) in [6.45, 7) is 2.14. The topological polar surface area (TPSA) is 83.5 Å². The van der Waals surface area contributed by atoms with Crippen LogP contribution in [0.5, 0.6) is 0 Å². The molecule has 2 N–H and O–H groups in total. The average molecular weight is 313 g/mol. The molecule has 5 nitrogen and oxygen atoms in total. The largest absolute Gasteiger partial charge is 0.478 e. The Labute approximate surface area is 126 Å². The number of nitrogens with one attached hydrogen (secondary N) is 1. The van der Waals surface area contributed by atoms with Crippen molar-refractivity contribution >= 4 is 21.7 Å². The van der Waals surface area contributed by atoms with Gasteiger partial charge in [-0.2, -0.15) is 0 Å². The first-order valence-electron chi connectivity index (χ1n) is 7.28. The Kier molecular flexibility index (Phi) is 7.22. The molecule has 0 heterocycles. The fraction of sp³-hybridized carbons (Fsp3) is 0.533. The van der Waals surface area contributed by atoms with Crippen LogP contribution >= 0.6 is 0 Å². The second-order valence-electron chi connectivity index (χ2n) is 5.07. The Morgan fingerprint density at radius 1 is 1.05 bits per heavy atom. The molecule has 0 aliphatic rings. The Morgan fingerprint density at radius 3 is 2.19 bits per heavy atom. The number of hydrogen-bond acceptors (Lipinski definition) is 3. The van der Waals surface area contributed by atoms with E-state index in [1.54, 1.807) is 0 Å². The zero-order valence-corrected chi connectivity index (χ0v) is 13.2. The summed E-state index contributed by atoms with van der Waals surface area (Å²) in [5.74, 6) is -0.934. The standard InChI is InChI=1S/C15H23NO4S/c1-2-3-4-5-6-7-12-21(19,20)16-14-10-8-13(9-11-14)15(17)18/h8-11,16H,2-7,12H2,1H3,(H,17,18). The molecule has 0 radical (unpaired) electrons. The molecule has 0 fully saturated rings. The van der Waals surface area contributed by atoms with Crippen LogP contribution in [-0.4, -0.2) is 25.2 Å². The van der Waals surface area contributed by atoms with Gasteiger partial charge in [0, 0.05) is 5.69 Å². The molecule has 118 valence electrons. The highest BCUT2D eigenvalue weighted by Gasteiger charge is 2.10. The van der Waals surface area contributed by atoms with Crippen molar-refractivity contribution in [3.8, 4) is 0 Å². The lowest BCUT2D eigenvalue weighted by atomic mass is 10.1. The van der Waals surface area contributed by atoms with Crippen molar-refractivity contribution in [1.82, 2.24) is 0 Å². The quantitative estimate of drug-likeness (QED) is 0.648. The van der Waals surface area contributed by atoms with Gasteiger partial charge in [0.25, 0.3) is 0 Å². The average Bonchev–Trinajstić information content (AvgIpc) is 2.43. The van der Waals surface area contributed by atoms with Crippen molar-refractivity contribution < 1.29 is 18.3 Å². The van der Waals surface area contributed by atoms with Gasteiger partial charge in [0.15, 0.2) is 0 Å². The van der Waals surface area contributed by atoms with E-state index < -0.39 is 16.0 Å². The number of carbonyl (C=O) groups is 1. The van der Waals surface area contributed by atoms with Crippen molar-refractivity contribution in [3.63, 3.8) is 0 Å². The summed E-state index contributed by atoms with van der Waals surface area (Å²) >= 11 is 0. The number of benzene rings is 1. The van der Waals surface area contributed by atoms with E-state index >= 15 is 0 Å². The first kappa shape index (κ1) is 17.5. The van der Waals surface area contributed by atoms with Crippen LogP contribution in [0.3, 0.4) is 0 Å². The summed E-state index contributed by atoms with van der Waals surface area (Å²) in [5.41, 5.74) is 0.528. The molecular weight excluding hydrogens is 290 g/mol. The van der Waals surface area contributed by atoms with E-state index in [0.717, 1.165) is 19.3 Å².